The Morgan fingerprint density at radius 1 is 1.44 bits per heavy atom. The van der Waals surface area contributed by atoms with E-state index in [9.17, 15) is 15.2 Å². The number of fused-ring (bicyclic) bond motifs is 1. The minimum atomic E-state index is -0.967. The summed E-state index contributed by atoms with van der Waals surface area (Å²) in [4.78, 5) is 12.3. The van der Waals surface area contributed by atoms with Crippen molar-refractivity contribution in [2.45, 2.75) is 18.6 Å². The summed E-state index contributed by atoms with van der Waals surface area (Å²) in [5.41, 5.74) is 1.74. The van der Waals surface area contributed by atoms with Crippen LogP contribution in [-0.2, 0) is 0 Å². The van der Waals surface area contributed by atoms with Crippen molar-refractivity contribution in [3.63, 3.8) is 0 Å². The summed E-state index contributed by atoms with van der Waals surface area (Å²) in [6, 6.07) is 8.96. The van der Waals surface area contributed by atoms with Gasteiger partial charge in [0.2, 0.25) is 0 Å². The SMILES string of the molecule is N#C/C(=C1/C(=O)c2ccccc2C1O)C1CCN1. The molecule has 1 fully saturated rings. The molecule has 1 saturated heterocycles. The fraction of sp³-hybridized carbons (Fsp3) is 0.286. The summed E-state index contributed by atoms with van der Waals surface area (Å²) >= 11 is 0. The van der Waals surface area contributed by atoms with Gasteiger partial charge < -0.3 is 10.4 Å². The number of nitriles is 1. The van der Waals surface area contributed by atoms with Crippen molar-refractivity contribution in [3.05, 3.63) is 46.5 Å². The van der Waals surface area contributed by atoms with Gasteiger partial charge in [-0.05, 0) is 18.5 Å². The number of Topliss-reactive ketones (excluding diaryl/α,β-unsaturated/α-hetero) is 1. The van der Waals surface area contributed by atoms with Gasteiger partial charge >= 0.3 is 0 Å². The second kappa shape index (κ2) is 4.05. The normalized spacial score (nSPS) is 28.3. The van der Waals surface area contributed by atoms with Crippen molar-refractivity contribution in [2.24, 2.45) is 0 Å². The van der Waals surface area contributed by atoms with Crippen molar-refractivity contribution >= 4 is 5.78 Å². The van der Waals surface area contributed by atoms with Gasteiger partial charge in [0, 0.05) is 17.2 Å². The molecular formula is C14H12N2O2. The van der Waals surface area contributed by atoms with Crippen molar-refractivity contribution in [1.29, 1.82) is 5.26 Å². The highest BCUT2D eigenvalue weighted by molar-refractivity contribution is 6.14. The molecule has 2 unspecified atom stereocenters. The van der Waals surface area contributed by atoms with Gasteiger partial charge in [0.15, 0.2) is 5.78 Å². The molecule has 0 spiro atoms. The molecule has 18 heavy (non-hydrogen) atoms. The highest BCUT2D eigenvalue weighted by atomic mass is 16.3. The quantitative estimate of drug-likeness (QED) is 0.569. The lowest BCUT2D eigenvalue weighted by molar-refractivity contribution is 0.101. The highest BCUT2D eigenvalue weighted by Crippen LogP contribution is 2.38. The molecule has 2 N–H and O–H groups in total. The Balaban J connectivity index is 2.13. The molecule has 4 heteroatoms. The lowest BCUT2D eigenvalue weighted by Crippen LogP contribution is -2.44. The monoisotopic (exact) mass is 240 g/mol. The van der Waals surface area contributed by atoms with E-state index in [0.717, 1.165) is 13.0 Å². The minimum Gasteiger partial charge on any atom is -0.383 e. The molecule has 1 heterocycles. The van der Waals surface area contributed by atoms with E-state index in [1.54, 1.807) is 24.3 Å². The third kappa shape index (κ3) is 1.42. The summed E-state index contributed by atoms with van der Waals surface area (Å²) in [5.74, 6) is -0.219. The molecule has 1 aromatic carbocycles. The first-order valence-corrected chi connectivity index (χ1v) is 5.93. The highest BCUT2D eigenvalue weighted by Gasteiger charge is 2.38. The van der Waals surface area contributed by atoms with Crippen molar-refractivity contribution in [1.82, 2.24) is 5.32 Å². The maximum Gasteiger partial charge on any atom is 0.193 e. The van der Waals surface area contributed by atoms with E-state index in [4.69, 9.17) is 0 Å². The molecule has 1 aromatic rings. The Kier molecular flexibility index (Phi) is 2.51. The van der Waals surface area contributed by atoms with Crippen LogP contribution in [0.25, 0.3) is 0 Å². The summed E-state index contributed by atoms with van der Waals surface area (Å²) in [7, 11) is 0. The van der Waals surface area contributed by atoms with Gasteiger partial charge in [-0.3, -0.25) is 4.79 Å². The number of nitrogens with one attached hydrogen (secondary N) is 1. The maximum absolute atomic E-state index is 12.3. The van der Waals surface area contributed by atoms with Gasteiger partial charge in [-0.2, -0.15) is 5.26 Å². The lowest BCUT2D eigenvalue weighted by Gasteiger charge is -2.28. The minimum absolute atomic E-state index is 0.0853. The van der Waals surface area contributed by atoms with E-state index in [-0.39, 0.29) is 17.4 Å². The van der Waals surface area contributed by atoms with E-state index in [2.05, 4.69) is 11.4 Å². The Morgan fingerprint density at radius 3 is 2.72 bits per heavy atom. The molecule has 1 aliphatic heterocycles. The van der Waals surface area contributed by atoms with Crippen LogP contribution >= 0.6 is 0 Å². The molecule has 2 aliphatic rings. The molecule has 4 nitrogen and oxygen atoms in total. The zero-order chi connectivity index (χ0) is 12.7. The Labute approximate surface area is 105 Å². The fourth-order valence-corrected chi connectivity index (χ4v) is 2.50. The van der Waals surface area contributed by atoms with Crippen LogP contribution in [0.4, 0.5) is 0 Å². The summed E-state index contributed by atoms with van der Waals surface area (Å²) in [6.07, 6.45) is -0.131. The average molecular weight is 240 g/mol. The Morgan fingerprint density at radius 2 is 2.17 bits per heavy atom. The number of hydrogen-bond donors (Lipinski definition) is 2. The number of aliphatic hydroxyl groups excluding tert-OH is 1. The molecule has 2 atom stereocenters. The Hall–Kier alpha value is -1.96. The van der Waals surface area contributed by atoms with Crippen LogP contribution in [0.1, 0.15) is 28.4 Å². The van der Waals surface area contributed by atoms with Gasteiger partial charge in [0.05, 0.1) is 11.6 Å². The van der Waals surface area contributed by atoms with E-state index >= 15 is 0 Å². The van der Waals surface area contributed by atoms with Gasteiger partial charge in [0.25, 0.3) is 0 Å². The zero-order valence-corrected chi connectivity index (χ0v) is 9.68. The largest absolute Gasteiger partial charge is 0.383 e. The smallest absolute Gasteiger partial charge is 0.193 e. The van der Waals surface area contributed by atoms with Crippen LogP contribution in [0.15, 0.2) is 35.4 Å². The van der Waals surface area contributed by atoms with E-state index < -0.39 is 6.10 Å². The number of nitrogens with zero attached hydrogens (tertiary/aromatic N) is 1. The van der Waals surface area contributed by atoms with E-state index in [1.165, 1.54) is 0 Å². The molecule has 0 aromatic heterocycles. The van der Waals surface area contributed by atoms with Crippen LogP contribution < -0.4 is 5.32 Å². The van der Waals surface area contributed by atoms with Crippen LogP contribution in [-0.4, -0.2) is 23.5 Å². The van der Waals surface area contributed by atoms with E-state index in [0.29, 0.717) is 16.7 Å². The van der Waals surface area contributed by atoms with Crippen LogP contribution in [0, 0.1) is 11.3 Å². The number of hydrogen-bond acceptors (Lipinski definition) is 4. The average Bonchev–Trinajstić information content (AvgIpc) is 2.58. The van der Waals surface area contributed by atoms with Crippen LogP contribution in [0.3, 0.4) is 0 Å². The first kappa shape index (κ1) is 11.1. The second-order valence-electron chi connectivity index (χ2n) is 4.55. The second-order valence-corrected chi connectivity index (χ2v) is 4.55. The van der Waals surface area contributed by atoms with Crippen LogP contribution in [0.2, 0.25) is 0 Å². The fourth-order valence-electron chi connectivity index (χ4n) is 2.50. The third-order valence-electron chi connectivity index (χ3n) is 3.60. The summed E-state index contributed by atoms with van der Waals surface area (Å²) < 4.78 is 0. The zero-order valence-electron chi connectivity index (χ0n) is 9.68. The number of aliphatic hydroxyl groups is 1. The number of ketones is 1. The van der Waals surface area contributed by atoms with Gasteiger partial charge in [-0.15, -0.1) is 0 Å². The molecular weight excluding hydrogens is 228 g/mol. The van der Waals surface area contributed by atoms with Crippen molar-refractivity contribution in [2.75, 3.05) is 6.54 Å². The van der Waals surface area contributed by atoms with Gasteiger partial charge in [-0.1, -0.05) is 24.3 Å². The molecule has 90 valence electrons. The molecule has 0 amide bonds. The molecule has 1 aliphatic carbocycles. The van der Waals surface area contributed by atoms with E-state index in [1.807, 2.05) is 0 Å². The number of carbonyl (C=O) groups excluding carboxylic acids is 1. The standard InChI is InChI=1S/C14H12N2O2/c15-7-10(11-5-6-16-11)12-13(17)8-3-1-2-4-9(8)14(12)18/h1-4,11,13,16-17H,5-6H2/b12-10-. The predicted molar refractivity (Wildman–Crippen MR) is 64.8 cm³/mol. The van der Waals surface area contributed by atoms with Crippen molar-refractivity contribution < 1.29 is 9.90 Å². The first-order chi connectivity index (χ1) is 8.74. The number of rotatable bonds is 1. The molecule has 0 bridgehead atoms. The molecule has 3 rings (SSSR count). The topological polar surface area (TPSA) is 73.1 Å². The van der Waals surface area contributed by atoms with Gasteiger partial charge in [0.1, 0.15) is 6.10 Å². The van der Waals surface area contributed by atoms with Crippen molar-refractivity contribution in [3.8, 4) is 6.07 Å². The predicted octanol–water partition coefficient (Wildman–Crippen LogP) is 1.10. The number of carbonyl (C=O) groups is 1. The summed E-state index contributed by atoms with van der Waals surface area (Å²) in [6.45, 7) is 0.848. The lowest BCUT2D eigenvalue weighted by atomic mass is 9.91. The number of benzene rings is 1. The third-order valence-corrected chi connectivity index (χ3v) is 3.60. The summed E-state index contributed by atoms with van der Waals surface area (Å²) in [5, 5.41) is 22.5. The molecule has 0 saturated carbocycles. The maximum atomic E-state index is 12.3. The first-order valence-electron chi connectivity index (χ1n) is 5.93. The van der Waals surface area contributed by atoms with Gasteiger partial charge in [-0.25, -0.2) is 0 Å². The van der Waals surface area contributed by atoms with Crippen LogP contribution in [0.5, 0.6) is 0 Å². The Bertz CT molecular complexity index is 594. The molecule has 0 radical (unpaired) electrons.